The highest BCUT2D eigenvalue weighted by molar-refractivity contribution is 7.14. The molecule has 0 aliphatic heterocycles. The van der Waals surface area contributed by atoms with Crippen LogP contribution >= 0.6 is 11.3 Å². The molecule has 5 nitrogen and oxygen atoms in total. The molecule has 0 radical (unpaired) electrons. The number of amides is 2. The average Bonchev–Trinajstić information content (AvgIpc) is 3.04. The molecule has 3 rings (SSSR count). The third kappa shape index (κ3) is 4.00. The molecule has 2 heterocycles. The maximum absolute atomic E-state index is 12.2. The molecule has 2 aromatic rings. The topological polar surface area (TPSA) is 71.1 Å². The number of thiophene rings is 1. The van der Waals surface area contributed by atoms with Crippen molar-refractivity contribution in [3.05, 3.63) is 51.5 Å². The molecular weight excluding hydrogens is 322 g/mol. The summed E-state index contributed by atoms with van der Waals surface area (Å²) in [6.45, 7) is 1.87. The smallest absolute Gasteiger partial charge is 0.261 e. The molecule has 0 aromatic carbocycles. The second kappa shape index (κ2) is 7.57. The van der Waals surface area contributed by atoms with Gasteiger partial charge in [-0.25, -0.2) is 0 Å². The predicted octanol–water partition coefficient (Wildman–Crippen LogP) is 2.63. The first-order valence-electron chi connectivity index (χ1n) is 8.22. The Morgan fingerprint density at radius 1 is 1.33 bits per heavy atom. The van der Waals surface area contributed by atoms with Crippen molar-refractivity contribution in [2.45, 2.75) is 38.6 Å². The van der Waals surface area contributed by atoms with Crippen molar-refractivity contribution >= 4 is 23.2 Å². The monoisotopic (exact) mass is 343 g/mol. The molecule has 0 fully saturated rings. The molecular formula is C18H21N3O2S. The lowest BCUT2D eigenvalue weighted by atomic mass is 9.99. The van der Waals surface area contributed by atoms with Crippen LogP contribution in [0.4, 0.5) is 0 Å². The lowest BCUT2D eigenvalue weighted by Crippen LogP contribution is -2.37. The number of nitrogens with zero attached hydrogens (tertiary/aromatic N) is 1. The van der Waals surface area contributed by atoms with Crippen LogP contribution in [0.15, 0.2) is 30.6 Å². The summed E-state index contributed by atoms with van der Waals surface area (Å²) >= 11 is 1.55. The van der Waals surface area contributed by atoms with E-state index in [1.54, 1.807) is 23.7 Å². The van der Waals surface area contributed by atoms with Gasteiger partial charge < -0.3 is 10.6 Å². The van der Waals surface area contributed by atoms with Crippen molar-refractivity contribution in [3.63, 3.8) is 0 Å². The molecule has 0 saturated heterocycles. The number of aromatic nitrogens is 1. The molecule has 0 unspecified atom stereocenters. The fourth-order valence-corrected chi connectivity index (χ4v) is 4.03. The summed E-state index contributed by atoms with van der Waals surface area (Å²) in [5.74, 6) is -0.375. The van der Waals surface area contributed by atoms with Gasteiger partial charge in [0.05, 0.1) is 17.5 Å². The van der Waals surface area contributed by atoms with Gasteiger partial charge in [-0.2, -0.15) is 0 Å². The molecule has 1 atom stereocenters. The van der Waals surface area contributed by atoms with Crippen molar-refractivity contribution < 1.29 is 9.59 Å². The molecule has 2 N–H and O–H groups in total. The zero-order valence-electron chi connectivity index (χ0n) is 13.7. The van der Waals surface area contributed by atoms with E-state index in [1.807, 2.05) is 25.1 Å². The molecule has 2 amide bonds. The van der Waals surface area contributed by atoms with E-state index in [2.05, 4.69) is 15.6 Å². The van der Waals surface area contributed by atoms with Crippen LogP contribution < -0.4 is 10.6 Å². The van der Waals surface area contributed by atoms with E-state index in [-0.39, 0.29) is 24.4 Å². The Morgan fingerprint density at radius 3 is 2.92 bits per heavy atom. The zero-order valence-corrected chi connectivity index (χ0v) is 14.5. The number of hydrogen-bond acceptors (Lipinski definition) is 4. The fraction of sp³-hybridized carbons (Fsp3) is 0.389. The number of rotatable bonds is 5. The number of pyridine rings is 1. The van der Waals surface area contributed by atoms with E-state index in [4.69, 9.17) is 0 Å². The summed E-state index contributed by atoms with van der Waals surface area (Å²) in [7, 11) is 0. The van der Waals surface area contributed by atoms with Gasteiger partial charge in [-0.05, 0) is 55.9 Å². The molecule has 126 valence electrons. The van der Waals surface area contributed by atoms with Gasteiger partial charge in [0.25, 0.3) is 5.91 Å². The van der Waals surface area contributed by atoms with Gasteiger partial charge in [-0.15, -0.1) is 11.3 Å². The molecule has 24 heavy (non-hydrogen) atoms. The highest BCUT2D eigenvalue weighted by atomic mass is 32.1. The number of hydrogen-bond donors (Lipinski definition) is 2. The van der Waals surface area contributed by atoms with E-state index in [1.165, 1.54) is 23.3 Å². The standard InChI is InChI=1S/C18H21N3O2S/c1-12(14-6-4-8-19-10-14)21-17(22)11-20-18(23)16-9-13-5-2-3-7-15(13)24-16/h4,6,8-10,12H,2-3,5,7,11H2,1H3,(H,20,23)(H,21,22)/t12-/m1/s1. The van der Waals surface area contributed by atoms with E-state index < -0.39 is 0 Å². The number of nitrogens with one attached hydrogen (secondary N) is 2. The van der Waals surface area contributed by atoms with Crippen molar-refractivity contribution in [1.82, 2.24) is 15.6 Å². The lowest BCUT2D eigenvalue weighted by Gasteiger charge is -2.14. The van der Waals surface area contributed by atoms with Gasteiger partial charge in [0, 0.05) is 17.3 Å². The molecule has 0 spiro atoms. The highest BCUT2D eigenvalue weighted by Crippen LogP contribution is 2.29. The third-order valence-electron chi connectivity index (χ3n) is 4.19. The van der Waals surface area contributed by atoms with Crippen LogP contribution in [0.1, 0.15) is 51.5 Å². The number of fused-ring (bicyclic) bond motifs is 1. The van der Waals surface area contributed by atoms with Gasteiger partial charge in [0.2, 0.25) is 5.91 Å². The first kappa shape index (κ1) is 16.6. The van der Waals surface area contributed by atoms with Crippen LogP contribution in [0.25, 0.3) is 0 Å². The van der Waals surface area contributed by atoms with Crippen LogP contribution in [0.3, 0.4) is 0 Å². The minimum absolute atomic E-state index is 0.0218. The Morgan fingerprint density at radius 2 is 2.17 bits per heavy atom. The lowest BCUT2D eigenvalue weighted by molar-refractivity contribution is -0.120. The molecule has 1 aliphatic carbocycles. The molecule has 0 saturated carbocycles. The normalized spacial score (nSPS) is 14.5. The van der Waals surface area contributed by atoms with Crippen molar-refractivity contribution in [2.24, 2.45) is 0 Å². The Hall–Kier alpha value is -2.21. The first-order chi connectivity index (χ1) is 11.6. The van der Waals surface area contributed by atoms with Crippen LogP contribution in [0, 0.1) is 0 Å². The first-order valence-corrected chi connectivity index (χ1v) is 9.04. The molecule has 0 bridgehead atoms. The second-order valence-electron chi connectivity index (χ2n) is 6.02. The quantitative estimate of drug-likeness (QED) is 0.877. The highest BCUT2D eigenvalue weighted by Gasteiger charge is 2.18. The Balaban J connectivity index is 1.50. The number of aryl methyl sites for hydroxylation is 2. The van der Waals surface area contributed by atoms with Crippen LogP contribution in [0.2, 0.25) is 0 Å². The Bertz CT molecular complexity index is 704. The summed E-state index contributed by atoms with van der Waals surface area (Å²) in [6.07, 6.45) is 7.93. The fourth-order valence-electron chi connectivity index (χ4n) is 2.86. The summed E-state index contributed by atoms with van der Waals surface area (Å²) in [5.41, 5.74) is 2.23. The van der Waals surface area contributed by atoms with Crippen LogP contribution in [-0.4, -0.2) is 23.3 Å². The number of carbonyl (C=O) groups is 2. The van der Waals surface area contributed by atoms with Gasteiger partial charge in [-0.3, -0.25) is 14.6 Å². The van der Waals surface area contributed by atoms with Gasteiger partial charge >= 0.3 is 0 Å². The predicted molar refractivity (Wildman–Crippen MR) is 94.1 cm³/mol. The maximum atomic E-state index is 12.2. The van der Waals surface area contributed by atoms with E-state index in [0.717, 1.165) is 18.4 Å². The summed E-state index contributed by atoms with van der Waals surface area (Å²) in [5, 5.41) is 5.57. The van der Waals surface area contributed by atoms with Crippen LogP contribution in [0.5, 0.6) is 0 Å². The van der Waals surface area contributed by atoms with E-state index in [9.17, 15) is 9.59 Å². The van der Waals surface area contributed by atoms with Gasteiger partial charge in [0.15, 0.2) is 0 Å². The van der Waals surface area contributed by atoms with E-state index in [0.29, 0.717) is 4.88 Å². The Kier molecular flexibility index (Phi) is 5.25. The third-order valence-corrected chi connectivity index (χ3v) is 5.43. The van der Waals surface area contributed by atoms with Crippen molar-refractivity contribution in [3.8, 4) is 0 Å². The van der Waals surface area contributed by atoms with Crippen LogP contribution in [-0.2, 0) is 17.6 Å². The minimum atomic E-state index is -0.207. The van der Waals surface area contributed by atoms with E-state index >= 15 is 0 Å². The molecule has 1 aliphatic rings. The summed E-state index contributed by atoms with van der Waals surface area (Å²) in [4.78, 5) is 30.3. The van der Waals surface area contributed by atoms with Gasteiger partial charge in [-0.1, -0.05) is 6.07 Å². The molecule has 6 heteroatoms. The minimum Gasteiger partial charge on any atom is -0.348 e. The summed E-state index contributed by atoms with van der Waals surface area (Å²) < 4.78 is 0. The number of carbonyl (C=O) groups excluding carboxylic acids is 2. The van der Waals surface area contributed by atoms with Crippen molar-refractivity contribution in [1.29, 1.82) is 0 Å². The summed E-state index contributed by atoms with van der Waals surface area (Å²) in [6, 6.07) is 5.58. The average molecular weight is 343 g/mol. The zero-order chi connectivity index (χ0) is 16.9. The molecule has 2 aromatic heterocycles. The Labute approximate surface area is 145 Å². The maximum Gasteiger partial charge on any atom is 0.261 e. The largest absolute Gasteiger partial charge is 0.348 e. The SMILES string of the molecule is C[C@@H](NC(=O)CNC(=O)c1cc2c(s1)CCCC2)c1cccnc1. The second-order valence-corrected chi connectivity index (χ2v) is 7.16. The van der Waals surface area contributed by atoms with Gasteiger partial charge in [0.1, 0.15) is 0 Å². The van der Waals surface area contributed by atoms with Crippen molar-refractivity contribution in [2.75, 3.05) is 6.54 Å².